The van der Waals surface area contributed by atoms with Crippen LogP contribution in [0, 0.1) is 0 Å². The Kier molecular flexibility index (Phi) is 4.34. The van der Waals surface area contributed by atoms with E-state index in [0.29, 0.717) is 5.69 Å². The maximum absolute atomic E-state index is 12.0. The lowest BCUT2D eigenvalue weighted by Crippen LogP contribution is -2.57. The molecular weight excluding hydrogens is 274 g/mol. The van der Waals surface area contributed by atoms with Crippen molar-refractivity contribution in [2.45, 2.75) is 18.6 Å². The zero-order valence-corrected chi connectivity index (χ0v) is 11.2. The van der Waals surface area contributed by atoms with Crippen LogP contribution in [0.3, 0.4) is 0 Å². The highest BCUT2D eigenvalue weighted by Crippen LogP contribution is 2.13. The zero-order chi connectivity index (χ0) is 15.3. The van der Waals surface area contributed by atoms with Gasteiger partial charge in [0.1, 0.15) is 6.61 Å². The molecule has 0 aliphatic carbocycles. The normalized spacial score (nSPS) is 13.4. The molecule has 1 aromatic carbocycles. The highest BCUT2D eigenvalue weighted by molar-refractivity contribution is 6.04. The Morgan fingerprint density at radius 2 is 2.05 bits per heavy atom. The number of nitrogens with two attached hydrogens (primary N) is 1. The summed E-state index contributed by atoms with van der Waals surface area (Å²) in [4.78, 5) is 29.9. The molecule has 4 N–H and O–H groups in total. The number of H-pyrrole nitrogens is 1. The number of carbonyl (C=O) groups is 2. The summed E-state index contributed by atoms with van der Waals surface area (Å²) >= 11 is 0. The van der Waals surface area contributed by atoms with Gasteiger partial charge in [0, 0.05) is 12.6 Å². The van der Waals surface area contributed by atoms with Crippen LogP contribution >= 0.6 is 0 Å². The van der Waals surface area contributed by atoms with E-state index < -0.39 is 17.5 Å². The molecule has 1 heterocycles. The lowest BCUT2D eigenvalue weighted by molar-refractivity contribution is -0.162. The third-order valence-corrected chi connectivity index (χ3v) is 2.97. The van der Waals surface area contributed by atoms with Gasteiger partial charge in [-0.3, -0.25) is 0 Å². The van der Waals surface area contributed by atoms with Crippen LogP contribution in [0.2, 0.25) is 0 Å². The van der Waals surface area contributed by atoms with Crippen molar-refractivity contribution in [2.75, 3.05) is 0 Å². The van der Waals surface area contributed by atoms with Gasteiger partial charge in [0.2, 0.25) is 5.54 Å². The first kappa shape index (κ1) is 14.7. The fraction of sp³-hybridized carbons (Fsp3) is 0.214. The second-order valence-electron chi connectivity index (χ2n) is 4.58. The van der Waals surface area contributed by atoms with Crippen molar-refractivity contribution in [3.05, 3.63) is 54.1 Å². The largest absolute Gasteiger partial charge is 0.479 e. The van der Waals surface area contributed by atoms with Gasteiger partial charge in [-0.1, -0.05) is 30.3 Å². The zero-order valence-electron chi connectivity index (χ0n) is 11.2. The molecule has 0 spiro atoms. The molecule has 7 nitrogen and oxygen atoms in total. The van der Waals surface area contributed by atoms with Crippen molar-refractivity contribution in [1.29, 1.82) is 0 Å². The average Bonchev–Trinajstić information content (AvgIpc) is 2.98. The number of aliphatic carboxylic acids is 1. The monoisotopic (exact) mass is 289 g/mol. The molecule has 7 heteroatoms. The van der Waals surface area contributed by atoms with Gasteiger partial charge in [-0.25, -0.2) is 14.6 Å². The number of nitrogens with one attached hydrogen (secondary N) is 1. The lowest BCUT2D eigenvalue weighted by Gasteiger charge is -2.21. The fourth-order valence-electron chi connectivity index (χ4n) is 1.76. The number of hydrogen-bond donors (Lipinski definition) is 3. The molecule has 0 bridgehead atoms. The molecule has 0 unspecified atom stereocenters. The van der Waals surface area contributed by atoms with Gasteiger partial charge in [0.15, 0.2) is 0 Å². The second-order valence-corrected chi connectivity index (χ2v) is 4.58. The van der Waals surface area contributed by atoms with Crippen molar-refractivity contribution >= 4 is 11.9 Å². The Hall–Kier alpha value is -2.67. The van der Waals surface area contributed by atoms with Gasteiger partial charge in [-0.2, -0.15) is 0 Å². The first-order valence-electron chi connectivity index (χ1n) is 6.23. The van der Waals surface area contributed by atoms with E-state index in [1.54, 1.807) is 24.3 Å². The van der Waals surface area contributed by atoms with Crippen molar-refractivity contribution in [3.8, 4) is 0 Å². The molecule has 0 saturated heterocycles. The number of hydrogen-bond acceptors (Lipinski definition) is 5. The van der Waals surface area contributed by atoms with Gasteiger partial charge in [0.05, 0.1) is 12.0 Å². The number of benzene rings is 1. The van der Waals surface area contributed by atoms with E-state index in [-0.39, 0.29) is 13.0 Å². The van der Waals surface area contributed by atoms with Gasteiger partial charge in [-0.15, -0.1) is 0 Å². The van der Waals surface area contributed by atoms with Gasteiger partial charge < -0.3 is 20.6 Å². The Labute approximate surface area is 120 Å². The molecule has 2 aromatic rings. The first-order valence-corrected chi connectivity index (χ1v) is 6.23. The number of ether oxygens (including phenoxy) is 1. The number of carboxylic acids is 1. The molecule has 0 amide bonds. The Balaban J connectivity index is 2.07. The Morgan fingerprint density at radius 3 is 2.62 bits per heavy atom. The molecular formula is C14H15N3O4. The lowest BCUT2D eigenvalue weighted by atomic mass is 9.95. The topological polar surface area (TPSA) is 118 Å². The molecule has 21 heavy (non-hydrogen) atoms. The van der Waals surface area contributed by atoms with Gasteiger partial charge >= 0.3 is 11.9 Å². The summed E-state index contributed by atoms with van der Waals surface area (Å²) in [6.45, 7) is -0.0352. The van der Waals surface area contributed by atoms with Crippen molar-refractivity contribution in [3.63, 3.8) is 0 Å². The third-order valence-electron chi connectivity index (χ3n) is 2.97. The van der Waals surface area contributed by atoms with Crippen LogP contribution in [0.15, 0.2) is 42.9 Å². The van der Waals surface area contributed by atoms with E-state index in [0.717, 1.165) is 5.56 Å². The Morgan fingerprint density at radius 1 is 1.33 bits per heavy atom. The molecule has 110 valence electrons. The summed E-state index contributed by atoms with van der Waals surface area (Å²) < 4.78 is 5.02. The van der Waals surface area contributed by atoms with E-state index in [4.69, 9.17) is 10.5 Å². The summed E-state index contributed by atoms with van der Waals surface area (Å²) in [5.74, 6) is -2.45. The fourth-order valence-corrected chi connectivity index (χ4v) is 1.76. The summed E-state index contributed by atoms with van der Waals surface area (Å²) in [7, 11) is 0. The van der Waals surface area contributed by atoms with Crippen LogP contribution < -0.4 is 5.73 Å². The highest BCUT2D eigenvalue weighted by atomic mass is 16.5. The van der Waals surface area contributed by atoms with E-state index in [1.807, 2.05) is 6.07 Å². The molecule has 1 aromatic heterocycles. The van der Waals surface area contributed by atoms with Crippen LogP contribution in [0.25, 0.3) is 0 Å². The van der Waals surface area contributed by atoms with Crippen molar-refractivity contribution < 1.29 is 19.4 Å². The molecule has 0 saturated carbocycles. The van der Waals surface area contributed by atoms with Crippen molar-refractivity contribution in [1.82, 2.24) is 9.97 Å². The van der Waals surface area contributed by atoms with E-state index in [1.165, 1.54) is 12.5 Å². The second kappa shape index (κ2) is 6.19. The molecule has 0 fully saturated rings. The summed E-state index contributed by atoms with van der Waals surface area (Å²) in [6, 6.07) is 8.94. The van der Waals surface area contributed by atoms with Crippen LogP contribution in [-0.4, -0.2) is 32.6 Å². The molecule has 1 atom stereocenters. The van der Waals surface area contributed by atoms with Crippen LogP contribution in [-0.2, 0) is 27.4 Å². The van der Waals surface area contributed by atoms with Gasteiger partial charge in [0.25, 0.3) is 0 Å². The third kappa shape index (κ3) is 3.46. The van der Waals surface area contributed by atoms with Gasteiger partial charge in [-0.05, 0) is 5.56 Å². The predicted molar refractivity (Wildman–Crippen MR) is 73.1 cm³/mol. The van der Waals surface area contributed by atoms with Crippen LogP contribution in [0.1, 0.15) is 11.3 Å². The number of carboxylic acid groups (broad SMARTS) is 1. The summed E-state index contributed by atoms with van der Waals surface area (Å²) in [6.07, 6.45) is 2.61. The maximum Gasteiger partial charge on any atom is 0.338 e. The standard InChI is InChI=1S/C14H15N3O4/c15-14(12(18)19,6-11-7-16-9-17-11)13(20)21-8-10-4-2-1-3-5-10/h1-5,7,9H,6,8,15H2,(H,16,17)(H,18,19)/t14-/m0/s1. The number of esters is 1. The van der Waals surface area contributed by atoms with E-state index in [9.17, 15) is 14.7 Å². The molecule has 0 radical (unpaired) electrons. The van der Waals surface area contributed by atoms with E-state index in [2.05, 4.69) is 9.97 Å². The van der Waals surface area contributed by atoms with Crippen LogP contribution in [0.5, 0.6) is 0 Å². The summed E-state index contributed by atoms with van der Waals surface area (Å²) in [5, 5.41) is 9.24. The number of aromatic nitrogens is 2. The Bertz CT molecular complexity index is 612. The number of imidazole rings is 1. The van der Waals surface area contributed by atoms with E-state index >= 15 is 0 Å². The number of rotatable bonds is 6. The minimum Gasteiger partial charge on any atom is -0.479 e. The molecule has 2 rings (SSSR count). The summed E-state index contributed by atoms with van der Waals surface area (Å²) in [5.41, 5.74) is 4.67. The first-order chi connectivity index (χ1) is 10.0. The smallest absolute Gasteiger partial charge is 0.338 e. The SMILES string of the molecule is N[C@@](Cc1c[nH]cn1)(C(=O)O)C(=O)OCc1ccccc1. The molecule has 0 aliphatic heterocycles. The van der Waals surface area contributed by atoms with Crippen molar-refractivity contribution in [2.24, 2.45) is 5.73 Å². The van der Waals surface area contributed by atoms with Crippen LogP contribution in [0.4, 0.5) is 0 Å². The minimum atomic E-state index is -2.16. The molecule has 0 aliphatic rings. The minimum absolute atomic E-state index is 0.0352. The number of nitrogens with zero attached hydrogens (tertiary/aromatic N) is 1. The quantitative estimate of drug-likeness (QED) is 0.525. The predicted octanol–water partition coefficient (Wildman–Crippen LogP) is 0.478. The maximum atomic E-state index is 12.0. The highest BCUT2D eigenvalue weighted by Gasteiger charge is 2.44. The average molecular weight is 289 g/mol. The number of aromatic amines is 1. The number of carbonyl (C=O) groups excluding carboxylic acids is 1.